The predicted octanol–water partition coefficient (Wildman–Crippen LogP) is 3.94. The van der Waals surface area contributed by atoms with Gasteiger partial charge in [-0.25, -0.2) is 5.06 Å². The van der Waals surface area contributed by atoms with E-state index >= 15 is 0 Å². The molecule has 0 radical (unpaired) electrons. The molecule has 2 atom stereocenters. The van der Waals surface area contributed by atoms with Gasteiger partial charge in [0, 0.05) is 6.42 Å². The molecule has 0 bridgehead atoms. The number of benzene rings is 2. The number of carboxylic acids is 1. The first-order valence-electron chi connectivity index (χ1n) is 10.4. The monoisotopic (exact) mass is 427 g/mol. The van der Waals surface area contributed by atoms with Crippen LogP contribution in [0.2, 0.25) is 0 Å². The lowest BCUT2D eigenvalue weighted by Crippen LogP contribution is -2.41. The van der Waals surface area contributed by atoms with Crippen molar-refractivity contribution in [1.82, 2.24) is 5.06 Å². The minimum absolute atomic E-state index is 0.189. The van der Waals surface area contributed by atoms with Crippen molar-refractivity contribution in [2.75, 3.05) is 6.61 Å². The Hall–Kier alpha value is -3.19. The van der Waals surface area contributed by atoms with E-state index in [2.05, 4.69) is 0 Å². The predicted molar refractivity (Wildman–Crippen MR) is 115 cm³/mol. The van der Waals surface area contributed by atoms with Crippen molar-refractivity contribution in [3.63, 3.8) is 0 Å². The molecular weight excluding hydrogens is 398 g/mol. The third-order valence-corrected chi connectivity index (χ3v) is 5.00. The molecule has 0 saturated carbocycles. The number of esters is 1. The number of ether oxygens (including phenoxy) is 1. The molecule has 0 saturated heterocycles. The van der Waals surface area contributed by atoms with Crippen molar-refractivity contribution in [2.24, 2.45) is 5.92 Å². The van der Waals surface area contributed by atoms with E-state index in [1.165, 1.54) is 0 Å². The second kappa shape index (κ2) is 11.9. The summed E-state index contributed by atoms with van der Waals surface area (Å²) in [7, 11) is 0. The van der Waals surface area contributed by atoms with Gasteiger partial charge in [-0.15, -0.1) is 0 Å². The van der Waals surface area contributed by atoms with Crippen molar-refractivity contribution in [2.45, 2.75) is 45.6 Å². The number of hydroxylamine groups is 2. The molecule has 0 aromatic heterocycles. The number of hydrogen-bond donors (Lipinski definition) is 2. The van der Waals surface area contributed by atoms with E-state index in [-0.39, 0.29) is 25.9 Å². The summed E-state index contributed by atoms with van der Waals surface area (Å²) in [4.78, 5) is 35.1. The number of carbonyl (C=O) groups excluding carboxylic acids is 2. The zero-order valence-electron chi connectivity index (χ0n) is 17.9. The summed E-state index contributed by atoms with van der Waals surface area (Å²) in [6.45, 7) is 3.64. The first kappa shape index (κ1) is 24.1. The highest BCUT2D eigenvalue weighted by Crippen LogP contribution is 2.22. The number of aliphatic carboxylic acids is 1. The highest BCUT2D eigenvalue weighted by atomic mass is 16.5. The Balaban J connectivity index is 2.15. The molecule has 0 fully saturated rings. The highest BCUT2D eigenvalue weighted by Gasteiger charge is 2.28. The molecule has 0 aliphatic carbocycles. The maximum absolute atomic E-state index is 12.3. The van der Waals surface area contributed by atoms with Crippen molar-refractivity contribution >= 4 is 17.8 Å². The lowest BCUT2D eigenvalue weighted by molar-refractivity contribution is -0.179. The van der Waals surface area contributed by atoms with E-state index in [9.17, 15) is 19.6 Å². The zero-order chi connectivity index (χ0) is 22.8. The second-order valence-electron chi connectivity index (χ2n) is 7.44. The molecule has 2 rings (SSSR count). The third kappa shape index (κ3) is 7.53. The van der Waals surface area contributed by atoms with E-state index in [4.69, 9.17) is 9.84 Å². The molecule has 1 amide bonds. The Kier molecular flexibility index (Phi) is 9.21. The van der Waals surface area contributed by atoms with Crippen LogP contribution in [0.4, 0.5) is 0 Å². The van der Waals surface area contributed by atoms with Gasteiger partial charge in [0.1, 0.15) is 0 Å². The van der Waals surface area contributed by atoms with Crippen LogP contribution in [0.15, 0.2) is 54.6 Å². The third-order valence-electron chi connectivity index (χ3n) is 5.00. The van der Waals surface area contributed by atoms with E-state index < -0.39 is 29.8 Å². The molecule has 0 heterocycles. The summed E-state index contributed by atoms with van der Waals surface area (Å²) < 4.78 is 5.04. The van der Waals surface area contributed by atoms with Crippen LogP contribution < -0.4 is 0 Å². The topological polar surface area (TPSA) is 104 Å². The molecule has 7 heteroatoms. The van der Waals surface area contributed by atoms with Crippen LogP contribution in [0.25, 0.3) is 11.1 Å². The quantitative estimate of drug-likeness (QED) is 0.320. The fraction of sp³-hybridized carbons (Fsp3) is 0.375. The maximum atomic E-state index is 12.3. The van der Waals surface area contributed by atoms with Gasteiger partial charge in [0.15, 0.2) is 0 Å². The van der Waals surface area contributed by atoms with Gasteiger partial charge in [-0.1, -0.05) is 61.5 Å². The number of carbonyl (C=O) groups is 3. The van der Waals surface area contributed by atoms with Crippen LogP contribution in [-0.2, 0) is 25.5 Å². The highest BCUT2D eigenvalue weighted by molar-refractivity contribution is 5.80. The standard InChI is InChI=1S/C24H29NO6/c1-3-31-24(29)17(2)15-21(25(30)22(26)13-14-23(27)28)16-18-9-11-20(12-10-18)19-7-5-4-6-8-19/h4-12,17,21,30H,3,13-16H2,1-2H3,(H,27,28)/t17-,21+/m1/s1. The Morgan fingerprint density at radius 2 is 1.58 bits per heavy atom. The van der Waals surface area contributed by atoms with E-state index in [0.29, 0.717) is 11.5 Å². The lowest BCUT2D eigenvalue weighted by atomic mass is 9.94. The number of nitrogens with zero attached hydrogens (tertiary/aromatic N) is 1. The number of rotatable bonds is 11. The largest absolute Gasteiger partial charge is 0.481 e. The Bertz CT molecular complexity index is 865. The van der Waals surface area contributed by atoms with E-state index in [1.54, 1.807) is 13.8 Å². The summed E-state index contributed by atoms with van der Waals surface area (Å²) in [6, 6.07) is 17.0. The first-order valence-corrected chi connectivity index (χ1v) is 10.4. The molecule has 2 aromatic rings. The molecule has 0 aliphatic rings. The summed E-state index contributed by atoms with van der Waals surface area (Å²) >= 11 is 0. The van der Waals surface area contributed by atoms with Gasteiger partial charge in [0.2, 0.25) is 5.91 Å². The fourth-order valence-electron chi connectivity index (χ4n) is 3.33. The first-order chi connectivity index (χ1) is 14.8. The number of hydrogen-bond acceptors (Lipinski definition) is 5. The minimum atomic E-state index is -1.12. The lowest BCUT2D eigenvalue weighted by Gasteiger charge is -2.28. The average molecular weight is 427 g/mol. The molecule has 0 aliphatic heterocycles. The smallest absolute Gasteiger partial charge is 0.308 e. The normalized spacial score (nSPS) is 12.6. The molecule has 7 nitrogen and oxygen atoms in total. The molecular formula is C24H29NO6. The van der Waals surface area contributed by atoms with Gasteiger partial charge in [-0.2, -0.15) is 0 Å². The van der Waals surface area contributed by atoms with Crippen molar-refractivity contribution in [3.8, 4) is 11.1 Å². The van der Waals surface area contributed by atoms with Gasteiger partial charge < -0.3 is 9.84 Å². The minimum Gasteiger partial charge on any atom is -0.481 e. The van der Waals surface area contributed by atoms with Gasteiger partial charge in [0.25, 0.3) is 0 Å². The van der Waals surface area contributed by atoms with Crippen LogP contribution in [0, 0.1) is 5.92 Å². The summed E-state index contributed by atoms with van der Waals surface area (Å²) in [5, 5.41) is 19.9. The van der Waals surface area contributed by atoms with Gasteiger partial charge >= 0.3 is 11.9 Å². The summed E-state index contributed by atoms with van der Waals surface area (Å²) in [5.74, 6) is -2.74. The zero-order valence-corrected chi connectivity index (χ0v) is 17.9. The molecule has 0 unspecified atom stereocenters. The molecule has 2 N–H and O–H groups in total. The Morgan fingerprint density at radius 3 is 2.16 bits per heavy atom. The summed E-state index contributed by atoms with van der Waals surface area (Å²) in [6.07, 6.45) is -0.187. The molecule has 0 spiro atoms. The molecule has 31 heavy (non-hydrogen) atoms. The van der Waals surface area contributed by atoms with E-state index in [1.807, 2.05) is 54.6 Å². The number of amides is 1. The van der Waals surface area contributed by atoms with Gasteiger partial charge in [-0.05, 0) is 36.5 Å². The van der Waals surface area contributed by atoms with Crippen molar-refractivity contribution < 1.29 is 29.4 Å². The Morgan fingerprint density at radius 1 is 0.968 bits per heavy atom. The molecule has 166 valence electrons. The van der Waals surface area contributed by atoms with Crippen LogP contribution in [0.3, 0.4) is 0 Å². The molecule has 2 aromatic carbocycles. The average Bonchev–Trinajstić information content (AvgIpc) is 2.77. The second-order valence-corrected chi connectivity index (χ2v) is 7.44. The van der Waals surface area contributed by atoms with Gasteiger partial charge in [-0.3, -0.25) is 19.6 Å². The van der Waals surface area contributed by atoms with Crippen LogP contribution >= 0.6 is 0 Å². The van der Waals surface area contributed by atoms with Crippen LogP contribution in [0.5, 0.6) is 0 Å². The van der Waals surface area contributed by atoms with E-state index in [0.717, 1.165) is 16.7 Å². The van der Waals surface area contributed by atoms with Crippen LogP contribution in [-0.4, -0.2) is 45.9 Å². The van der Waals surface area contributed by atoms with Gasteiger partial charge in [0.05, 0.1) is 25.0 Å². The van der Waals surface area contributed by atoms with Crippen LogP contribution in [0.1, 0.15) is 38.7 Å². The van der Waals surface area contributed by atoms with Crippen molar-refractivity contribution in [3.05, 3.63) is 60.2 Å². The fourth-order valence-corrected chi connectivity index (χ4v) is 3.33. The SMILES string of the molecule is CCOC(=O)[C@H](C)C[C@@H](Cc1ccc(-c2ccccc2)cc1)N(O)C(=O)CCC(=O)O. The maximum Gasteiger partial charge on any atom is 0.308 e. The number of carboxylic acid groups (broad SMARTS) is 1. The Labute approximate surface area is 182 Å². The van der Waals surface area contributed by atoms with Crippen molar-refractivity contribution in [1.29, 1.82) is 0 Å². The summed E-state index contributed by atoms with van der Waals surface area (Å²) in [5.41, 5.74) is 3.00.